The third-order valence-electron chi connectivity index (χ3n) is 4.74. The molecule has 0 radical (unpaired) electrons. The molecular formula is C22H25N3O2. The molecule has 3 aromatic rings. The minimum Gasteiger partial charge on any atom is -0.492 e. The Kier molecular flexibility index (Phi) is 6.04. The van der Waals surface area contributed by atoms with E-state index in [-0.39, 0.29) is 11.9 Å². The van der Waals surface area contributed by atoms with Crippen LogP contribution in [0.4, 0.5) is 5.69 Å². The van der Waals surface area contributed by atoms with Crippen LogP contribution >= 0.6 is 0 Å². The fourth-order valence-corrected chi connectivity index (χ4v) is 2.86. The van der Waals surface area contributed by atoms with Crippen molar-refractivity contribution in [3.05, 3.63) is 66.4 Å². The normalized spacial score (nSPS) is 12.1. The van der Waals surface area contributed by atoms with Crippen LogP contribution < -0.4 is 10.1 Å². The molecular weight excluding hydrogens is 338 g/mol. The van der Waals surface area contributed by atoms with Gasteiger partial charge in [-0.1, -0.05) is 24.3 Å². The van der Waals surface area contributed by atoms with Crippen molar-refractivity contribution in [2.24, 2.45) is 0 Å². The average Bonchev–Trinajstić information content (AvgIpc) is 2.69. The van der Waals surface area contributed by atoms with Gasteiger partial charge < -0.3 is 10.1 Å². The van der Waals surface area contributed by atoms with Crippen molar-refractivity contribution >= 4 is 22.5 Å². The Labute approximate surface area is 160 Å². The topological polar surface area (TPSA) is 54.5 Å². The fourth-order valence-electron chi connectivity index (χ4n) is 2.86. The van der Waals surface area contributed by atoms with E-state index in [1.54, 1.807) is 6.20 Å². The SMILES string of the molecule is Cc1ccccc1OCCN(C)C(C)C(=O)Nc1cccc2ncccc12. The molecule has 1 aromatic heterocycles. The number of carbonyl (C=O) groups excluding carboxylic acids is 1. The van der Waals surface area contributed by atoms with E-state index in [0.29, 0.717) is 13.2 Å². The van der Waals surface area contributed by atoms with E-state index < -0.39 is 0 Å². The number of benzene rings is 2. The van der Waals surface area contributed by atoms with E-state index in [2.05, 4.69) is 10.3 Å². The summed E-state index contributed by atoms with van der Waals surface area (Å²) in [7, 11) is 1.93. The predicted molar refractivity (Wildman–Crippen MR) is 109 cm³/mol. The van der Waals surface area contributed by atoms with E-state index in [0.717, 1.165) is 27.9 Å². The zero-order valence-electron chi connectivity index (χ0n) is 16.0. The van der Waals surface area contributed by atoms with Crippen LogP contribution in [0, 0.1) is 6.92 Å². The van der Waals surface area contributed by atoms with Gasteiger partial charge in [0.05, 0.1) is 17.2 Å². The maximum Gasteiger partial charge on any atom is 0.241 e. The predicted octanol–water partition coefficient (Wildman–Crippen LogP) is 3.88. The second-order valence-corrected chi connectivity index (χ2v) is 6.64. The Hall–Kier alpha value is -2.92. The quantitative estimate of drug-likeness (QED) is 0.692. The summed E-state index contributed by atoms with van der Waals surface area (Å²) >= 11 is 0. The number of rotatable bonds is 7. The number of hydrogen-bond acceptors (Lipinski definition) is 4. The molecule has 0 bridgehead atoms. The molecule has 0 aliphatic carbocycles. The summed E-state index contributed by atoms with van der Waals surface area (Å²) in [5.41, 5.74) is 2.75. The first-order valence-electron chi connectivity index (χ1n) is 9.09. The molecule has 0 saturated heterocycles. The van der Waals surface area contributed by atoms with Crippen LogP contribution in [0.1, 0.15) is 12.5 Å². The van der Waals surface area contributed by atoms with Gasteiger partial charge in [-0.15, -0.1) is 0 Å². The lowest BCUT2D eigenvalue weighted by Gasteiger charge is -2.24. The van der Waals surface area contributed by atoms with Crippen molar-refractivity contribution in [2.75, 3.05) is 25.5 Å². The van der Waals surface area contributed by atoms with E-state index in [4.69, 9.17) is 4.74 Å². The van der Waals surface area contributed by atoms with Crippen LogP contribution in [-0.4, -0.2) is 42.0 Å². The number of aryl methyl sites for hydroxylation is 1. The zero-order valence-corrected chi connectivity index (χ0v) is 16.0. The highest BCUT2D eigenvalue weighted by Gasteiger charge is 2.18. The Bertz CT molecular complexity index is 921. The van der Waals surface area contributed by atoms with Gasteiger partial charge in [-0.3, -0.25) is 14.7 Å². The molecule has 1 N–H and O–H groups in total. The number of fused-ring (bicyclic) bond motifs is 1. The summed E-state index contributed by atoms with van der Waals surface area (Å²) in [5, 5.41) is 3.96. The molecule has 1 amide bonds. The van der Waals surface area contributed by atoms with Gasteiger partial charge >= 0.3 is 0 Å². The number of amides is 1. The molecule has 0 spiro atoms. The van der Waals surface area contributed by atoms with Crippen molar-refractivity contribution in [1.29, 1.82) is 0 Å². The lowest BCUT2D eigenvalue weighted by atomic mass is 10.1. The lowest BCUT2D eigenvalue weighted by Crippen LogP contribution is -2.41. The number of para-hydroxylation sites is 1. The highest BCUT2D eigenvalue weighted by atomic mass is 16.5. The number of likely N-dealkylation sites (N-methyl/N-ethyl adjacent to an activating group) is 1. The molecule has 140 valence electrons. The van der Waals surface area contributed by atoms with Gasteiger partial charge in [0.2, 0.25) is 5.91 Å². The molecule has 1 heterocycles. The molecule has 0 saturated carbocycles. The Balaban J connectivity index is 1.57. The molecule has 1 unspecified atom stereocenters. The molecule has 5 nitrogen and oxygen atoms in total. The molecule has 1 atom stereocenters. The van der Waals surface area contributed by atoms with Gasteiger partial charge in [0.25, 0.3) is 0 Å². The largest absolute Gasteiger partial charge is 0.492 e. The highest BCUT2D eigenvalue weighted by molar-refractivity contribution is 6.02. The Morgan fingerprint density at radius 2 is 1.96 bits per heavy atom. The van der Waals surface area contributed by atoms with Crippen molar-refractivity contribution in [1.82, 2.24) is 9.88 Å². The average molecular weight is 363 g/mol. The van der Waals surface area contributed by atoms with Crippen LogP contribution in [0.5, 0.6) is 5.75 Å². The molecule has 0 aliphatic heterocycles. The fraction of sp³-hybridized carbons (Fsp3) is 0.273. The van der Waals surface area contributed by atoms with Gasteiger partial charge in [0.1, 0.15) is 12.4 Å². The molecule has 5 heteroatoms. The minimum absolute atomic E-state index is 0.0512. The number of carbonyl (C=O) groups is 1. The van der Waals surface area contributed by atoms with Crippen molar-refractivity contribution in [3.8, 4) is 5.75 Å². The smallest absolute Gasteiger partial charge is 0.241 e. The number of hydrogen-bond donors (Lipinski definition) is 1. The summed E-state index contributed by atoms with van der Waals surface area (Å²) in [6, 6.07) is 17.2. The number of nitrogens with zero attached hydrogens (tertiary/aromatic N) is 2. The minimum atomic E-state index is -0.280. The second kappa shape index (κ2) is 8.64. The van der Waals surface area contributed by atoms with E-state index in [1.165, 1.54) is 0 Å². The van der Waals surface area contributed by atoms with Crippen molar-refractivity contribution in [3.63, 3.8) is 0 Å². The van der Waals surface area contributed by atoms with Gasteiger partial charge in [-0.05, 0) is 56.8 Å². The summed E-state index contributed by atoms with van der Waals surface area (Å²) < 4.78 is 5.83. The first kappa shape index (κ1) is 18.9. The number of anilines is 1. The molecule has 3 rings (SSSR count). The summed E-state index contributed by atoms with van der Waals surface area (Å²) in [4.78, 5) is 19.0. The van der Waals surface area contributed by atoms with Crippen molar-refractivity contribution in [2.45, 2.75) is 19.9 Å². The van der Waals surface area contributed by atoms with E-state index in [1.807, 2.05) is 80.4 Å². The van der Waals surface area contributed by atoms with E-state index in [9.17, 15) is 4.79 Å². The lowest BCUT2D eigenvalue weighted by molar-refractivity contribution is -0.120. The number of ether oxygens (including phenoxy) is 1. The van der Waals surface area contributed by atoms with Gasteiger partial charge in [-0.2, -0.15) is 0 Å². The van der Waals surface area contributed by atoms with Crippen LogP contribution in [0.25, 0.3) is 10.9 Å². The third kappa shape index (κ3) is 4.63. The highest BCUT2D eigenvalue weighted by Crippen LogP contribution is 2.21. The molecule has 0 fully saturated rings. The van der Waals surface area contributed by atoms with Crippen LogP contribution in [0.2, 0.25) is 0 Å². The standard InChI is InChI=1S/C22H25N3O2/c1-16-8-4-5-12-21(16)27-15-14-25(3)17(2)22(26)24-20-11-6-10-19-18(20)9-7-13-23-19/h4-13,17H,14-15H2,1-3H3,(H,24,26). The number of aromatic nitrogens is 1. The third-order valence-corrected chi connectivity index (χ3v) is 4.74. The summed E-state index contributed by atoms with van der Waals surface area (Å²) in [6.45, 7) is 5.10. The molecule has 27 heavy (non-hydrogen) atoms. The monoisotopic (exact) mass is 363 g/mol. The van der Waals surface area contributed by atoms with Crippen LogP contribution in [-0.2, 0) is 4.79 Å². The molecule has 0 aliphatic rings. The zero-order chi connectivity index (χ0) is 19.2. The number of nitrogens with one attached hydrogen (secondary N) is 1. The number of pyridine rings is 1. The first-order valence-corrected chi connectivity index (χ1v) is 9.09. The van der Waals surface area contributed by atoms with Crippen molar-refractivity contribution < 1.29 is 9.53 Å². The summed E-state index contributed by atoms with van der Waals surface area (Å²) in [5.74, 6) is 0.830. The Morgan fingerprint density at radius 3 is 2.78 bits per heavy atom. The first-order chi connectivity index (χ1) is 13.1. The maximum absolute atomic E-state index is 12.7. The Morgan fingerprint density at radius 1 is 1.15 bits per heavy atom. The van der Waals surface area contributed by atoms with Gasteiger partial charge in [0.15, 0.2) is 0 Å². The summed E-state index contributed by atoms with van der Waals surface area (Å²) in [6.07, 6.45) is 1.75. The van der Waals surface area contributed by atoms with Crippen LogP contribution in [0.15, 0.2) is 60.8 Å². The second-order valence-electron chi connectivity index (χ2n) is 6.64. The maximum atomic E-state index is 12.7. The van der Waals surface area contributed by atoms with Gasteiger partial charge in [0, 0.05) is 18.1 Å². The molecule has 2 aromatic carbocycles. The van der Waals surface area contributed by atoms with Gasteiger partial charge in [-0.25, -0.2) is 0 Å². The van der Waals surface area contributed by atoms with E-state index >= 15 is 0 Å². The van der Waals surface area contributed by atoms with Crippen LogP contribution in [0.3, 0.4) is 0 Å².